The van der Waals surface area contributed by atoms with E-state index in [1.54, 1.807) is 24.3 Å². The molecular weight excluding hydrogens is 234 g/mol. The molecule has 0 spiro atoms. The van der Waals surface area contributed by atoms with Gasteiger partial charge in [0.05, 0.1) is 4.90 Å². The molecule has 0 radical (unpaired) electrons. The molecule has 1 atom stereocenters. The van der Waals surface area contributed by atoms with E-state index in [-0.39, 0.29) is 6.04 Å². The van der Waals surface area contributed by atoms with Crippen LogP contribution in [0.2, 0.25) is 0 Å². The van der Waals surface area contributed by atoms with Crippen LogP contribution < -0.4 is 4.72 Å². The Morgan fingerprint density at radius 2 is 1.76 bits per heavy atom. The largest absolute Gasteiger partial charge is 0.240 e. The molecule has 0 aromatic heterocycles. The van der Waals surface area contributed by atoms with Crippen LogP contribution in [0.3, 0.4) is 0 Å². The summed E-state index contributed by atoms with van der Waals surface area (Å²) in [4.78, 5) is 0.352. The van der Waals surface area contributed by atoms with Crippen LogP contribution >= 0.6 is 0 Å². The standard InChI is InChI=1S/C13H19NO2S/c1-11(12-7-5-6-8-12)14-17(15,16)13-9-3-2-4-10-13/h2-4,9-12,14H,5-8H2,1H3/t11-/m1/s1. The van der Waals surface area contributed by atoms with Crippen molar-refractivity contribution >= 4 is 10.0 Å². The Bertz CT molecular complexity index is 450. The lowest BCUT2D eigenvalue weighted by Crippen LogP contribution is -2.37. The fourth-order valence-corrected chi connectivity index (χ4v) is 3.80. The molecule has 94 valence electrons. The summed E-state index contributed by atoms with van der Waals surface area (Å²) in [5, 5.41) is 0. The van der Waals surface area contributed by atoms with Gasteiger partial charge in [-0.2, -0.15) is 0 Å². The van der Waals surface area contributed by atoms with Crippen molar-refractivity contribution < 1.29 is 8.42 Å². The third-order valence-electron chi connectivity index (χ3n) is 3.50. The van der Waals surface area contributed by atoms with Crippen molar-refractivity contribution in [3.63, 3.8) is 0 Å². The molecule has 1 aliphatic carbocycles. The van der Waals surface area contributed by atoms with Crippen LogP contribution in [0.15, 0.2) is 35.2 Å². The van der Waals surface area contributed by atoms with Crippen LogP contribution in [0.5, 0.6) is 0 Å². The van der Waals surface area contributed by atoms with Crippen molar-refractivity contribution in [3.8, 4) is 0 Å². The molecule has 0 aliphatic heterocycles. The van der Waals surface area contributed by atoms with E-state index in [0.29, 0.717) is 10.8 Å². The second-order valence-electron chi connectivity index (χ2n) is 4.77. The summed E-state index contributed by atoms with van der Waals surface area (Å²) < 4.78 is 27.0. The van der Waals surface area contributed by atoms with Gasteiger partial charge in [-0.3, -0.25) is 0 Å². The monoisotopic (exact) mass is 253 g/mol. The highest BCUT2D eigenvalue weighted by Crippen LogP contribution is 2.28. The Balaban J connectivity index is 2.07. The molecule has 3 nitrogen and oxygen atoms in total. The van der Waals surface area contributed by atoms with Crippen LogP contribution in [0, 0.1) is 5.92 Å². The fourth-order valence-electron chi connectivity index (χ4n) is 2.47. The van der Waals surface area contributed by atoms with Gasteiger partial charge in [0.1, 0.15) is 0 Å². The van der Waals surface area contributed by atoms with Crippen LogP contribution in [-0.4, -0.2) is 14.5 Å². The average Bonchev–Trinajstić information content (AvgIpc) is 2.83. The van der Waals surface area contributed by atoms with Crippen molar-refractivity contribution in [3.05, 3.63) is 30.3 Å². The minimum absolute atomic E-state index is 0.0303. The van der Waals surface area contributed by atoms with E-state index < -0.39 is 10.0 Å². The third kappa shape index (κ3) is 3.07. The van der Waals surface area contributed by atoms with Crippen molar-refractivity contribution in [1.29, 1.82) is 0 Å². The number of hydrogen-bond donors (Lipinski definition) is 1. The first kappa shape index (κ1) is 12.6. The van der Waals surface area contributed by atoms with Crippen LogP contribution in [0.4, 0.5) is 0 Å². The molecule has 1 aliphatic rings. The smallest absolute Gasteiger partial charge is 0.208 e. The van der Waals surface area contributed by atoms with Gasteiger partial charge in [-0.25, -0.2) is 13.1 Å². The predicted octanol–water partition coefficient (Wildman–Crippen LogP) is 2.54. The zero-order valence-electron chi connectivity index (χ0n) is 10.1. The van der Waals surface area contributed by atoms with E-state index in [2.05, 4.69) is 4.72 Å². The van der Waals surface area contributed by atoms with Crippen molar-refractivity contribution in [2.24, 2.45) is 5.92 Å². The Morgan fingerprint density at radius 3 is 2.35 bits per heavy atom. The van der Waals surface area contributed by atoms with E-state index >= 15 is 0 Å². The van der Waals surface area contributed by atoms with Gasteiger partial charge in [-0.1, -0.05) is 31.0 Å². The van der Waals surface area contributed by atoms with Gasteiger partial charge in [-0.05, 0) is 37.8 Å². The summed E-state index contributed by atoms with van der Waals surface area (Å²) in [6, 6.07) is 8.60. The maximum Gasteiger partial charge on any atom is 0.240 e. The lowest BCUT2D eigenvalue weighted by Gasteiger charge is -2.20. The first-order valence-electron chi connectivity index (χ1n) is 6.17. The molecule has 0 unspecified atom stereocenters. The summed E-state index contributed by atoms with van der Waals surface area (Å²) in [5.41, 5.74) is 0. The van der Waals surface area contributed by atoms with E-state index in [9.17, 15) is 8.42 Å². The van der Waals surface area contributed by atoms with Gasteiger partial charge in [0.25, 0.3) is 0 Å². The average molecular weight is 253 g/mol. The highest BCUT2D eigenvalue weighted by molar-refractivity contribution is 7.89. The van der Waals surface area contributed by atoms with Gasteiger partial charge in [0.2, 0.25) is 10.0 Å². The maximum absolute atomic E-state index is 12.1. The predicted molar refractivity (Wildman–Crippen MR) is 68.2 cm³/mol. The quantitative estimate of drug-likeness (QED) is 0.896. The number of nitrogens with one attached hydrogen (secondary N) is 1. The zero-order valence-corrected chi connectivity index (χ0v) is 10.9. The third-order valence-corrected chi connectivity index (χ3v) is 5.08. The molecule has 1 aromatic rings. The van der Waals surface area contributed by atoms with Crippen molar-refractivity contribution in [1.82, 2.24) is 4.72 Å². The molecule has 1 saturated carbocycles. The van der Waals surface area contributed by atoms with Gasteiger partial charge in [0.15, 0.2) is 0 Å². The van der Waals surface area contributed by atoms with E-state index in [4.69, 9.17) is 0 Å². The molecule has 17 heavy (non-hydrogen) atoms. The summed E-state index contributed by atoms with van der Waals surface area (Å²) in [7, 11) is -3.35. The Hall–Kier alpha value is -0.870. The highest BCUT2D eigenvalue weighted by Gasteiger charge is 2.25. The second kappa shape index (κ2) is 5.19. The molecule has 1 aromatic carbocycles. The Labute approximate surface area is 103 Å². The highest BCUT2D eigenvalue weighted by atomic mass is 32.2. The normalized spacial score (nSPS) is 19.4. The molecular formula is C13H19NO2S. The molecule has 1 N–H and O–H groups in total. The maximum atomic E-state index is 12.1. The van der Waals surface area contributed by atoms with Gasteiger partial charge in [-0.15, -0.1) is 0 Å². The molecule has 4 heteroatoms. The van der Waals surface area contributed by atoms with E-state index in [1.807, 2.05) is 13.0 Å². The summed E-state index contributed by atoms with van der Waals surface area (Å²) in [6.45, 7) is 1.97. The van der Waals surface area contributed by atoms with Gasteiger partial charge >= 0.3 is 0 Å². The molecule has 0 bridgehead atoms. The molecule has 0 amide bonds. The number of benzene rings is 1. The lowest BCUT2D eigenvalue weighted by atomic mass is 10.0. The number of hydrogen-bond acceptors (Lipinski definition) is 2. The summed E-state index contributed by atoms with van der Waals surface area (Å²) >= 11 is 0. The van der Waals surface area contributed by atoms with Gasteiger partial charge < -0.3 is 0 Å². The molecule has 0 heterocycles. The minimum atomic E-state index is -3.35. The molecule has 1 fully saturated rings. The first-order valence-corrected chi connectivity index (χ1v) is 7.65. The topological polar surface area (TPSA) is 46.2 Å². The minimum Gasteiger partial charge on any atom is -0.208 e. The number of rotatable bonds is 4. The Morgan fingerprint density at radius 1 is 1.18 bits per heavy atom. The Kier molecular flexibility index (Phi) is 3.84. The lowest BCUT2D eigenvalue weighted by molar-refractivity contribution is 0.424. The fraction of sp³-hybridized carbons (Fsp3) is 0.538. The SMILES string of the molecule is C[C@@H](NS(=O)(=O)c1ccccc1)C1CCCC1. The first-order chi connectivity index (χ1) is 8.09. The summed E-state index contributed by atoms with van der Waals surface area (Å²) in [5.74, 6) is 0.494. The van der Waals surface area contributed by atoms with Crippen LogP contribution in [-0.2, 0) is 10.0 Å². The summed E-state index contributed by atoms with van der Waals surface area (Å²) in [6.07, 6.45) is 4.72. The van der Waals surface area contributed by atoms with Crippen LogP contribution in [0.1, 0.15) is 32.6 Å². The van der Waals surface area contributed by atoms with Crippen molar-refractivity contribution in [2.75, 3.05) is 0 Å². The van der Waals surface area contributed by atoms with Crippen molar-refractivity contribution in [2.45, 2.75) is 43.5 Å². The molecule has 0 saturated heterocycles. The van der Waals surface area contributed by atoms with Gasteiger partial charge in [0, 0.05) is 6.04 Å². The zero-order chi connectivity index (χ0) is 12.3. The van der Waals surface area contributed by atoms with E-state index in [1.165, 1.54) is 12.8 Å². The second-order valence-corrected chi connectivity index (χ2v) is 6.48. The number of sulfonamides is 1. The van der Waals surface area contributed by atoms with E-state index in [0.717, 1.165) is 12.8 Å². The van der Waals surface area contributed by atoms with Crippen LogP contribution in [0.25, 0.3) is 0 Å². The molecule has 2 rings (SSSR count).